The van der Waals surface area contributed by atoms with Gasteiger partial charge in [0, 0.05) is 24.1 Å². The highest BCUT2D eigenvalue weighted by Crippen LogP contribution is 2.25. The molecule has 0 aliphatic rings. The first kappa shape index (κ1) is 17.0. The lowest BCUT2D eigenvalue weighted by Gasteiger charge is -2.19. The van der Waals surface area contributed by atoms with Crippen molar-refractivity contribution >= 4 is 29.0 Å². The fraction of sp³-hybridized carbons (Fsp3) is 0.571. The van der Waals surface area contributed by atoms with Crippen LogP contribution in [0.1, 0.15) is 37.6 Å². The van der Waals surface area contributed by atoms with E-state index < -0.39 is 0 Å². The van der Waals surface area contributed by atoms with Crippen LogP contribution in [-0.4, -0.2) is 31.9 Å². The number of hydrogen-bond donors (Lipinski definition) is 1. The molecular weight excluding hydrogens is 318 g/mol. The zero-order valence-electron chi connectivity index (χ0n) is 13.0. The second-order valence-electron chi connectivity index (χ2n) is 5.45. The summed E-state index contributed by atoms with van der Waals surface area (Å²) in [5.74, 6) is 1.27. The van der Waals surface area contributed by atoms with Gasteiger partial charge >= 0.3 is 0 Å². The quantitative estimate of drug-likeness (QED) is 0.749. The largest absolute Gasteiger partial charge is 0.348 e. The normalized spacial score (nSPS) is 12.5. The Hall–Kier alpha value is -1.41. The number of aromatic nitrogens is 4. The van der Waals surface area contributed by atoms with Gasteiger partial charge in [-0.25, -0.2) is 4.68 Å². The van der Waals surface area contributed by atoms with Gasteiger partial charge in [-0.05, 0) is 34.2 Å². The van der Waals surface area contributed by atoms with Gasteiger partial charge in [0.2, 0.25) is 11.1 Å². The average molecular weight is 339 g/mol. The van der Waals surface area contributed by atoms with E-state index >= 15 is 0 Å². The van der Waals surface area contributed by atoms with Crippen molar-refractivity contribution in [2.24, 2.45) is 13.0 Å². The molecule has 0 saturated heterocycles. The molecule has 120 valence electrons. The zero-order chi connectivity index (χ0) is 15.9. The predicted molar refractivity (Wildman–Crippen MR) is 88.8 cm³/mol. The molecule has 2 aromatic rings. The van der Waals surface area contributed by atoms with Crippen LogP contribution in [-0.2, 0) is 11.8 Å². The minimum Gasteiger partial charge on any atom is -0.348 e. The van der Waals surface area contributed by atoms with E-state index in [1.54, 1.807) is 23.1 Å². The zero-order valence-corrected chi connectivity index (χ0v) is 14.7. The standard InChI is InChI=1S/C14H21N5OS2/c1-10(2)9-11(12-5-4-7-21-12)15-13(20)6-8-22-14-16-17-18-19(14)3/h4-5,7,10-11H,6,8-9H2,1-3H3,(H,15,20)/t11-/m1/s1. The molecule has 0 unspecified atom stereocenters. The van der Waals surface area contributed by atoms with Crippen LogP contribution in [0.5, 0.6) is 0 Å². The van der Waals surface area contributed by atoms with Gasteiger partial charge in [-0.3, -0.25) is 4.79 Å². The number of thioether (sulfide) groups is 1. The lowest BCUT2D eigenvalue weighted by atomic mass is 10.0. The molecule has 8 heteroatoms. The van der Waals surface area contributed by atoms with Crippen molar-refractivity contribution in [2.75, 3.05) is 5.75 Å². The van der Waals surface area contributed by atoms with Gasteiger partial charge in [0.15, 0.2) is 0 Å². The summed E-state index contributed by atoms with van der Waals surface area (Å²) in [5, 5.41) is 17.1. The first-order chi connectivity index (χ1) is 10.6. The number of carbonyl (C=O) groups excluding carboxylic acids is 1. The van der Waals surface area contributed by atoms with E-state index in [2.05, 4.69) is 40.8 Å². The third kappa shape index (κ3) is 5.10. The molecule has 0 aliphatic heterocycles. The van der Waals surface area contributed by atoms with Gasteiger partial charge in [-0.1, -0.05) is 31.7 Å². The van der Waals surface area contributed by atoms with Gasteiger partial charge in [0.25, 0.3) is 0 Å². The highest BCUT2D eigenvalue weighted by molar-refractivity contribution is 7.99. The number of rotatable bonds is 8. The van der Waals surface area contributed by atoms with Crippen LogP contribution >= 0.6 is 23.1 Å². The molecule has 0 aromatic carbocycles. The average Bonchev–Trinajstić information content (AvgIpc) is 3.10. The number of thiophene rings is 1. The second kappa shape index (κ2) is 8.28. The Morgan fingerprint density at radius 2 is 2.32 bits per heavy atom. The van der Waals surface area contributed by atoms with Crippen LogP contribution in [0.15, 0.2) is 22.7 Å². The molecule has 2 heterocycles. The molecule has 0 spiro atoms. The highest BCUT2D eigenvalue weighted by Gasteiger charge is 2.17. The lowest BCUT2D eigenvalue weighted by Crippen LogP contribution is -2.29. The molecule has 1 amide bonds. The fourth-order valence-corrected chi connectivity index (χ4v) is 3.63. The smallest absolute Gasteiger partial charge is 0.221 e. The number of carbonyl (C=O) groups is 1. The Morgan fingerprint density at radius 3 is 2.91 bits per heavy atom. The summed E-state index contributed by atoms with van der Waals surface area (Å²) in [6, 6.07) is 4.21. The van der Waals surface area contributed by atoms with Crippen LogP contribution in [0.4, 0.5) is 0 Å². The number of amides is 1. The van der Waals surface area contributed by atoms with E-state index in [-0.39, 0.29) is 11.9 Å². The van der Waals surface area contributed by atoms with E-state index in [4.69, 9.17) is 0 Å². The van der Waals surface area contributed by atoms with Gasteiger partial charge in [-0.2, -0.15) is 0 Å². The topological polar surface area (TPSA) is 72.7 Å². The Kier molecular flexibility index (Phi) is 6.38. The maximum Gasteiger partial charge on any atom is 0.221 e. The number of nitrogens with one attached hydrogen (secondary N) is 1. The van der Waals surface area contributed by atoms with E-state index in [1.165, 1.54) is 16.6 Å². The Labute approximate surface area is 138 Å². The molecule has 6 nitrogen and oxygen atoms in total. The summed E-state index contributed by atoms with van der Waals surface area (Å²) >= 11 is 3.18. The molecule has 0 bridgehead atoms. The van der Waals surface area contributed by atoms with Crippen molar-refractivity contribution in [1.82, 2.24) is 25.5 Å². The van der Waals surface area contributed by atoms with Gasteiger partial charge in [0.05, 0.1) is 6.04 Å². The van der Waals surface area contributed by atoms with Gasteiger partial charge < -0.3 is 5.32 Å². The SMILES string of the molecule is CC(C)C[C@@H](NC(=O)CCSc1nnnn1C)c1cccs1. The number of aryl methyl sites for hydroxylation is 1. The molecule has 2 aromatic heterocycles. The Balaban J connectivity index is 1.82. The Morgan fingerprint density at radius 1 is 1.50 bits per heavy atom. The van der Waals surface area contributed by atoms with Crippen LogP contribution in [0.3, 0.4) is 0 Å². The van der Waals surface area contributed by atoms with Crippen molar-refractivity contribution in [3.8, 4) is 0 Å². The number of tetrazole rings is 1. The number of hydrogen-bond acceptors (Lipinski definition) is 6. The van der Waals surface area contributed by atoms with Crippen molar-refractivity contribution in [1.29, 1.82) is 0 Å². The van der Waals surface area contributed by atoms with Crippen LogP contribution in [0, 0.1) is 5.92 Å². The van der Waals surface area contributed by atoms with E-state index in [9.17, 15) is 4.79 Å². The molecule has 0 fully saturated rings. The van der Waals surface area contributed by atoms with Crippen molar-refractivity contribution < 1.29 is 4.79 Å². The first-order valence-corrected chi connectivity index (χ1v) is 9.10. The van der Waals surface area contributed by atoms with Crippen molar-refractivity contribution in [3.05, 3.63) is 22.4 Å². The number of nitrogens with zero attached hydrogens (tertiary/aromatic N) is 4. The summed E-state index contributed by atoms with van der Waals surface area (Å²) in [5.41, 5.74) is 0. The van der Waals surface area contributed by atoms with Crippen LogP contribution in [0.25, 0.3) is 0 Å². The third-order valence-electron chi connectivity index (χ3n) is 3.07. The summed E-state index contributed by atoms with van der Waals surface area (Å²) in [7, 11) is 1.79. The molecule has 1 N–H and O–H groups in total. The van der Waals surface area contributed by atoms with E-state index in [0.717, 1.165) is 11.6 Å². The van der Waals surface area contributed by atoms with Crippen LogP contribution < -0.4 is 5.32 Å². The minimum absolute atomic E-state index is 0.0710. The molecular formula is C14H21N5OS2. The van der Waals surface area contributed by atoms with Crippen molar-refractivity contribution in [3.63, 3.8) is 0 Å². The van der Waals surface area contributed by atoms with E-state index in [1.807, 2.05) is 11.4 Å². The van der Waals surface area contributed by atoms with Crippen molar-refractivity contribution in [2.45, 2.75) is 37.9 Å². The van der Waals surface area contributed by atoms with Gasteiger partial charge in [-0.15, -0.1) is 16.4 Å². The molecule has 22 heavy (non-hydrogen) atoms. The predicted octanol–water partition coefficient (Wildman–Crippen LogP) is 2.66. The summed E-state index contributed by atoms with van der Waals surface area (Å²) < 4.78 is 1.61. The van der Waals surface area contributed by atoms with Gasteiger partial charge in [0.1, 0.15) is 0 Å². The minimum atomic E-state index is 0.0710. The first-order valence-electron chi connectivity index (χ1n) is 7.24. The fourth-order valence-electron chi connectivity index (χ4n) is 2.05. The van der Waals surface area contributed by atoms with E-state index in [0.29, 0.717) is 18.1 Å². The summed E-state index contributed by atoms with van der Waals surface area (Å²) in [4.78, 5) is 13.4. The maximum absolute atomic E-state index is 12.2. The summed E-state index contributed by atoms with van der Waals surface area (Å²) in [6.45, 7) is 4.34. The third-order valence-corrected chi connectivity index (χ3v) is 5.07. The molecule has 0 radical (unpaired) electrons. The Bertz CT molecular complexity index is 582. The maximum atomic E-state index is 12.2. The molecule has 0 aliphatic carbocycles. The molecule has 2 rings (SSSR count). The highest BCUT2D eigenvalue weighted by atomic mass is 32.2. The monoisotopic (exact) mass is 339 g/mol. The second-order valence-corrected chi connectivity index (χ2v) is 7.49. The molecule has 1 atom stereocenters. The van der Waals surface area contributed by atoms with Crippen LogP contribution in [0.2, 0.25) is 0 Å². The summed E-state index contributed by atoms with van der Waals surface area (Å²) in [6.07, 6.45) is 1.41. The lowest BCUT2D eigenvalue weighted by molar-refractivity contribution is -0.121. The molecule has 0 saturated carbocycles.